The van der Waals surface area contributed by atoms with E-state index in [1.165, 1.54) is 6.07 Å². The van der Waals surface area contributed by atoms with Crippen molar-refractivity contribution >= 4 is 5.97 Å². The van der Waals surface area contributed by atoms with E-state index in [1.54, 1.807) is 25.1 Å². The van der Waals surface area contributed by atoms with Crippen molar-refractivity contribution < 1.29 is 23.0 Å². The van der Waals surface area contributed by atoms with Crippen molar-refractivity contribution in [2.24, 2.45) is 5.73 Å². The number of benzene rings is 1. The van der Waals surface area contributed by atoms with Crippen LogP contribution in [-0.2, 0) is 14.9 Å². The number of carbonyl (C=O) groups is 1. The Labute approximate surface area is 115 Å². The van der Waals surface area contributed by atoms with Crippen LogP contribution < -0.4 is 10.5 Å². The minimum atomic E-state index is -2.94. The molecular formula is C14H17F2NO3. The average Bonchev–Trinajstić information content (AvgIpc) is 2.35. The van der Waals surface area contributed by atoms with E-state index in [0.717, 1.165) is 0 Å². The van der Waals surface area contributed by atoms with Gasteiger partial charge in [0.2, 0.25) is 0 Å². The van der Waals surface area contributed by atoms with Gasteiger partial charge in [0.1, 0.15) is 5.75 Å². The van der Waals surface area contributed by atoms with Gasteiger partial charge in [-0.05, 0) is 25.8 Å². The second-order valence-electron chi connectivity index (χ2n) is 4.85. The Balaban J connectivity index is 2.38. The first-order valence-corrected chi connectivity index (χ1v) is 6.46. The van der Waals surface area contributed by atoms with E-state index in [2.05, 4.69) is 4.74 Å². The molecule has 0 radical (unpaired) electrons. The van der Waals surface area contributed by atoms with Crippen molar-refractivity contribution in [3.05, 3.63) is 29.8 Å². The highest BCUT2D eigenvalue weighted by atomic mass is 19.3. The molecule has 110 valence electrons. The fourth-order valence-electron chi connectivity index (χ4n) is 2.66. The van der Waals surface area contributed by atoms with Crippen molar-refractivity contribution in [3.63, 3.8) is 0 Å². The van der Waals surface area contributed by atoms with Crippen LogP contribution in [0, 0.1) is 0 Å². The molecule has 2 N–H and O–H groups in total. The molecule has 1 aromatic rings. The van der Waals surface area contributed by atoms with E-state index in [4.69, 9.17) is 10.5 Å². The summed E-state index contributed by atoms with van der Waals surface area (Å²) in [4.78, 5) is 12.2. The molecule has 0 saturated heterocycles. The van der Waals surface area contributed by atoms with Gasteiger partial charge in [0.05, 0.1) is 12.0 Å². The lowest BCUT2D eigenvalue weighted by atomic mass is 9.61. The zero-order valence-electron chi connectivity index (χ0n) is 11.1. The number of hydrogen-bond acceptors (Lipinski definition) is 4. The lowest BCUT2D eigenvalue weighted by Gasteiger charge is -2.44. The fourth-order valence-corrected chi connectivity index (χ4v) is 2.66. The maximum Gasteiger partial charge on any atom is 0.387 e. The highest BCUT2D eigenvalue weighted by Crippen LogP contribution is 2.47. The van der Waals surface area contributed by atoms with Crippen LogP contribution in [0.15, 0.2) is 24.3 Å². The Morgan fingerprint density at radius 3 is 2.65 bits per heavy atom. The smallest absolute Gasteiger partial charge is 0.387 e. The Bertz CT molecular complexity index is 487. The van der Waals surface area contributed by atoms with Crippen molar-refractivity contribution in [1.29, 1.82) is 0 Å². The topological polar surface area (TPSA) is 61.5 Å². The summed E-state index contributed by atoms with van der Waals surface area (Å²) in [6, 6.07) is 6.16. The molecule has 0 heterocycles. The van der Waals surface area contributed by atoms with Crippen LogP contribution in [0.5, 0.6) is 5.75 Å². The third-order valence-electron chi connectivity index (χ3n) is 3.51. The Kier molecular flexibility index (Phi) is 4.23. The van der Waals surface area contributed by atoms with Crippen LogP contribution in [-0.4, -0.2) is 25.2 Å². The number of carbonyl (C=O) groups excluding carboxylic acids is 1. The van der Waals surface area contributed by atoms with Gasteiger partial charge >= 0.3 is 12.6 Å². The van der Waals surface area contributed by atoms with Crippen LogP contribution in [0.3, 0.4) is 0 Å². The standard InChI is InChI=1S/C14H17F2NO3/c1-2-19-12(18)14(7-9(17)8-14)10-5-3-4-6-11(10)20-13(15)16/h3-6,9,13H,2,7-8,17H2,1H3. The molecule has 20 heavy (non-hydrogen) atoms. The number of alkyl halides is 2. The molecule has 0 atom stereocenters. The molecule has 0 aromatic heterocycles. The Morgan fingerprint density at radius 2 is 2.10 bits per heavy atom. The van der Waals surface area contributed by atoms with Gasteiger partial charge in [0.25, 0.3) is 0 Å². The maximum atomic E-state index is 12.5. The summed E-state index contributed by atoms with van der Waals surface area (Å²) < 4.78 is 34.5. The van der Waals surface area contributed by atoms with Gasteiger partial charge in [0.15, 0.2) is 0 Å². The maximum absolute atomic E-state index is 12.5. The molecule has 0 aliphatic heterocycles. The summed E-state index contributed by atoms with van der Waals surface area (Å²) in [7, 11) is 0. The molecule has 1 saturated carbocycles. The second-order valence-corrected chi connectivity index (χ2v) is 4.85. The molecular weight excluding hydrogens is 268 g/mol. The first kappa shape index (κ1) is 14.7. The molecule has 2 rings (SSSR count). The molecule has 0 unspecified atom stereocenters. The lowest BCUT2D eigenvalue weighted by molar-refractivity contribution is -0.155. The molecule has 4 nitrogen and oxygen atoms in total. The molecule has 1 fully saturated rings. The summed E-state index contributed by atoms with van der Waals surface area (Å²) in [5, 5.41) is 0. The van der Waals surface area contributed by atoms with Gasteiger partial charge in [-0.15, -0.1) is 0 Å². The summed E-state index contributed by atoms with van der Waals surface area (Å²) in [5.74, 6) is -0.436. The zero-order valence-corrected chi connectivity index (χ0v) is 11.1. The minimum absolute atomic E-state index is 0.00227. The number of halogens is 2. The molecule has 0 amide bonds. The number of hydrogen-bond donors (Lipinski definition) is 1. The van der Waals surface area contributed by atoms with E-state index in [-0.39, 0.29) is 18.4 Å². The number of rotatable bonds is 5. The first-order valence-electron chi connectivity index (χ1n) is 6.46. The predicted octanol–water partition coefficient (Wildman–Crippen LogP) is 2.21. The molecule has 0 bridgehead atoms. The van der Waals surface area contributed by atoms with Crippen molar-refractivity contribution in [1.82, 2.24) is 0 Å². The van der Waals surface area contributed by atoms with Gasteiger partial charge in [0, 0.05) is 11.6 Å². The molecule has 1 aliphatic carbocycles. The summed E-state index contributed by atoms with van der Waals surface area (Å²) >= 11 is 0. The van der Waals surface area contributed by atoms with Crippen LogP contribution in [0.2, 0.25) is 0 Å². The van der Waals surface area contributed by atoms with Gasteiger partial charge in [-0.25, -0.2) is 0 Å². The number of ether oxygens (including phenoxy) is 2. The highest BCUT2D eigenvalue weighted by molar-refractivity contribution is 5.86. The normalized spacial score (nSPS) is 25.1. The van der Waals surface area contributed by atoms with E-state index < -0.39 is 18.0 Å². The van der Waals surface area contributed by atoms with E-state index in [9.17, 15) is 13.6 Å². The summed E-state index contributed by atoms with van der Waals surface area (Å²) in [5.41, 5.74) is 5.23. The Hall–Kier alpha value is -1.69. The van der Waals surface area contributed by atoms with E-state index in [0.29, 0.717) is 18.4 Å². The quantitative estimate of drug-likeness (QED) is 0.843. The summed E-state index contributed by atoms with van der Waals surface area (Å²) in [6.45, 7) is -1.01. The number of nitrogens with two attached hydrogens (primary N) is 1. The fraction of sp³-hybridized carbons (Fsp3) is 0.500. The number of para-hydroxylation sites is 1. The minimum Gasteiger partial charge on any atom is -0.465 e. The van der Waals surface area contributed by atoms with Gasteiger partial charge in [-0.1, -0.05) is 18.2 Å². The molecule has 1 aromatic carbocycles. The first-order chi connectivity index (χ1) is 9.49. The van der Waals surface area contributed by atoms with Crippen LogP contribution in [0.25, 0.3) is 0 Å². The highest BCUT2D eigenvalue weighted by Gasteiger charge is 2.52. The van der Waals surface area contributed by atoms with Crippen molar-refractivity contribution in [3.8, 4) is 5.75 Å². The van der Waals surface area contributed by atoms with Crippen molar-refractivity contribution in [2.75, 3.05) is 6.61 Å². The number of esters is 1. The van der Waals surface area contributed by atoms with Gasteiger partial charge in [-0.3, -0.25) is 4.79 Å². The molecule has 1 aliphatic rings. The molecule has 6 heteroatoms. The van der Waals surface area contributed by atoms with Gasteiger partial charge in [-0.2, -0.15) is 8.78 Å². The van der Waals surface area contributed by atoms with E-state index in [1.807, 2.05) is 0 Å². The second kappa shape index (κ2) is 5.75. The van der Waals surface area contributed by atoms with Crippen LogP contribution in [0.4, 0.5) is 8.78 Å². The predicted molar refractivity (Wildman–Crippen MR) is 68.6 cm³/mol. The summed E-state index contributed by atoms with van der Waals surface area (Å²) in [6.07, 6.45) is 0.741. The van der Waals surface area contributed by atoms with Gasteiger partial charge < -0.3 is 15.2 Å². The van der Waals surface area contributed by atoms with Crippen LogP contribution in [0.1, 0.15) is 25.3 Å². The van der Waals surface area contributed by atoms with Crippen molar-refractivity contribution in [2.45, 2.75) is 37.8 Å². The SMILES string of the molecule is CCOC(=O)C1(c2ccccc2OC(F)F)CC(N)C1. The van der Waals surface area contributed by atoms with E-state index >= 15 is 0 Å². The largest absolute Gasteiger partial charge is 0.465 e. The third kappa shape index (κ3) is 2.60. The average molecular weight is 285 g/mol. The third-order valence-corrected chi connectivity index (χ3v) is 3.51. The Morgan fingerprint density at radius 1 is 1.45 bits per heavy atom. The molecule has 0 spiro atoms. The lowest BCUT2D eigenvalue weighted by Crippen LogP contribution is -2.55. The monoisotopic (exact) mass is 285 g/mol. The van der Waals surface area contributed by atoms with Crippen LogP contribution >= 0.6 is 0 Å². The zero-order chi connectivity index (χ0) is 14.8.